The Morgan fingerprint density at radius 1 is 1.22 bits per heavy atom. The van der Waals surface area contributed by atoms with E-state index >= 15 is 0 Å². The second-order valence-corrected chi connectivity index (χ2v) is 7.18. The van der Waals surface area contributed by atoms with Gasteiger partial charge in [0.25, 0.3) is 0 Å². The minimum absolute atomic E-state index is 0.0822. The molecule has 0 unspecified atom stereocenters. The molecule has 0 atom stereocenters. The van der Waals surface area contributed by atoms with Crippen LogP contribution in [-0.2, 0) is 17.8 Å². The molecule has 0 aliphatic carbocycles. The standard InChI is InChI=1S/C18H18N2OS2/c1-13-4-7-23-17(13)2-3-18(21)20-10-14-8-16(11-19-9-14)15-5-6-22-12-15/h4-9,11-12H,2-3,10H2,1H3,(H,20,21). The number of aromatic nitrogens is 1. The molecule has 3 heterocycles. The lowest BCUT2D eigenvalue weighted by atomic mass is 10.1. The molecule has 1 amide bonds. The molecular formula is C18H18N2OS2. The quantitative estimate of drug-likeness (QED) is 0.720. The first-order valence-electron chi connectivity index (χ1n) is 7.48. The third-order valence-corrected chi connectivity index (χ3v) is 5.45. The van der Waals surface area contributed by atoms with Crippen LogP contribution in [0.25, 0.3) is 11.1 Å². The monoisotopic (exact) mass is 342 g/mol. The minimum Gasteiger partial charge on any atom is -0.352 e. The summed E-state index contributed by atoms with van der Waals surface area (Å²) in [7, 11) is 0. The van der Waals surface area contributed by atoms with Gasteiger partial charge >= 0.3 is 0 Å². The predicted molar refractivity (Wildman–Crippen MR) is 96.8 cm³/mol. The highest BCUT2D eigenvalue weighted by molar-refractivity contribution is 7.10. The number of amides is 1. The van der Waals surface area contributed by atoms with Crippen LogP contribution < -0.4 is 5.32 Å². The lowest BCUT2D eigenvalue weighted by Gasteiger charge is -2.06. The normalized spacial score (nSPS) is 10.7. The van der Waals surface area contributed by atoms with Crippen molar-refractivity contribution >= 4 is 28.6 Å². The molecule has 3 aromatic heterocycles. The molecule has 0 aliphatic heterocycles. The van der Waals surface area contributed by atoms with Gasteiger partial charge in [-0.05, 0) is 64.4 Å². The van der Waals surface area contributed by atoms with Crippen LogP contribution in [0.5, 0.6) is 0 Å². The van der Waals surface area contributed by atoms with Crippen molar-refractivity contribution in [2.45, 2.75) is 26.3 Å². The summed E-state index contributed by atoms with van der Waals surface area (Å²) >= 11 is 3.39. The Bertz CT molecular complexity index is 778. The summed E-state index contributed by atoms with van der Waals surface area (Å²) < 4.78 is 0. The molecule has 1 N–H and O–H groups in total. The van der Waals surface area contributed by atoms with E-state index in [1.165, 1.54) is 16.0 Å². The van der Waals surface area contributed by atoms with E-state index < -0.39 is 0 Å². The summed E-state index contributed by atoms with van der Waals surface area (Å²) in [6.45, 7) is 2.61. The summed E-state index contributed by atoms with van der Waals surface area (Å²) in [6.07, 6.45) is 4.99. The van der Waals surface area contributed by atoms with E-state index in [2.05, 4.69) is 51.6 Å². The average molecular weight is 342 g/mol. The van der Waals surface area contributed by atoms with E-state index in [-0.39, 0.29) is 5.91 Å². The van der Waals surface area contributed by atoms with E-state index in [4.69, 9.17) is 0 Å². The highest BCUT2D eigenvalue weighted by atomic mass is 32.1. The molecule has 0 aromatic carbocycles. The Morgan fingerprint density at radius 3 is 2.87 bits per heavy atom. The van der Waals surface area contributed by atoms with Crippen molar-refractivity contribution in [3.05, 3.63) is 62.7 Å². The van der Waals surface area contributed by atoms with Crippen LogP contribution in [-0.4, -0.2) is 10.9 Å². The molecule has 0 spiro atoms. The maximum atomic E-state index is 12.0. The number of nitrogens with one attached hydrogen (secondary N) is 1. The van der Waals surface area contributed by atoms with Crippen molar-refractivity contribution < 1.29 is 4.79 Å². The van der Waals surface area contributed by atoms with Gasteiger partial charge in [0.2, 0.25) is 5.91 Å². The van der Waals surface area contributed by atoms with Gasteiger partial charge in [-0.1, -0.05) is 0 Å². The van der Waals surface area contributed by atoms with E-state index in [9.17, 15) is 4.79 Å². The molecule has 5 heteroatoms. The zero-order chi connectivity index (χ0) is 16.1. The maximum Gasteiger partial charge on any atom is 0.220 e. The van der Waals surface area contributed by atoms with Gasteiger partial charge < -0.3 is 5.32 Å². The Morgan fingerprint density at radius 2 is 2.13 bits per heavy atom. The van der Waals surface area contributed by atoms with Crippen LogP contribution in [0.1, 0.15) is 22.4 Å². The van der Waals surface area contributed by atoms with Crippen molar-refractivity contribution in [2.75, 3.05) is 0 Å². The predicted octanol–water partition coefficient (Wildman–Crippen LogP) is 4.43. The van der Waals surface area contributed by atoms with Crippen molar-refractivity contribution in [1.82, 2.24) is 10.3 Å². The van der Waals surface area contributed by atoms with Gasteiger partial charge in [0.05, 0.1) is 0 Å². The van der Waals surface area contributed by atoms with Crippen LogP contribution in [0.3, 0.4) is 0 Å². The molecule has 0 aliphatic rings. The summed E-state index contributed by atoms with van der Waals surface area (Å²) in [4.78, 5) is 17.6. The topological polar surface area (TPSA) is 42.0 Å². The molecular weight excluding hydrogens is 324 g/mol. The zero-order valence-corrected chi connectivity index (χ0v) is 14.5. The Labute approximate surface area is 144 Å². The molecule has 0 fully saturated rings. The molecule has 0 bridgehead atoms. The molecule has 23 heavy (non-hydrogen) atoms. The molecule has 3 nitrogen and oxygen atoms in total. The fourth-order valence-electron chi connectivity index (χ4n) is 2.35. The molecule has 118 valence electrons. The van der Waals surface area contributed by atoms with Crippen molar-refractivity contribution in [1.29, 1.82) is 0 Å². The fourth-order valence-corrected chi connectivity index (χ4v) is 3.92. The summed E-state index contributed by atoms with van der Waals surface area (Å²) in [5.74, 6) is 0.0822. The number of thiophene rings is 2. The molecule has 3 aromatic rings. The third kappa shape index (κ3) is 4.27. The Hall–Kier alpha value is -1.98. The number of rotatable bonds is 6. The summed E-state index contributed by atoms with van der Waals surface area (Å²) in [5.41, 5.74) is 4.56. The average Bonchev–Trinajstić information content (AvgIpc) is 3.23. The minimum atomic E-state index is 0.0822. The molecule has 0 saturated carbocycles. The van der Waals surface area contributed by atoms with Crippen LogP contribution in [0.2, 0.25) is 0 Å². The largest absolute Gasteiger partial charge is 0.352 e. The number of carbonyl (C=O) groups is 1. The van der Waals surface area contributed by atoms with Gasteiger partial charge in [0.1, 0.15) is 0 Å². The molecule has 0 radical (unpaired) electrons. The Kier molecular flexibility index (Phi) is 5.20. The first kappa shape index (κ1) is 15.9. The van der Waals surface area contributed by atoms with E-state index in [0.29, 0.717) is 13.0 Å². The van der Waals surface area contributed by atoms with Crippen LogP contribution >= 0.6 is 22.7 Å². The van der Waals surface area contributed by atoms with Gasteiger partial charge in [0, 0.05) is 35.8 Å². The SMILES string of the molecule is Cc1ccsc1CCC(=O)NCc1cncc(-c2ccsc2)c1. The van der Waals surface area contributed by atoms with Gasteiger partial charge in [0.15, 0.2) is 0 Å². The van der Waals surface area contributed by atoms with E-state index in [1.807, 2.05) is 6.20 Å². The molecule has 3 rings (SSSR count). The number of hydrogen-bond donors (Lipinski definition) is 1. The first-order valence-corrected chi connectivity index (χ1v) is 9.31. The second kappa shape index (κ2) is 7.53. The fraction of sp³-hybridized carbons (Fsp3) is 0.222. The number of aryl methyl sites for hydroxylation is 2. The van der Waals surface area contributed by atoms with Gasteiger partial charge in [-0.2, -0.15) is 11.3 Å². The van der Waals surface area contributed by atoms with Crippen LogP contribution in [0, 0.1) is 6.92 Å². The molecule has 0 saturated heterocycles. The number of pyridine rings is 1. The van der Waals surface area contributed by atoms with Gasteiger partial charge in [-0.25, -0.2) is 0 Å². The first-order chi connectivity index (χ1) is 11.2. The zero-order valence-electron chi connectivity index (χ0n) is 12.9. The number of nitrogens with zero attached hydrogens (tertiary/aromatic N) is 1. The van der Waals surface area contributed by atoms with Crippen molar-refractivity contribution in [2.24, 2.45) is 0 Å². The lowest BCUT2D eigenvalue weighted by molar-refractivity contribution is -0.121. The second-order valence-electron chi connectivity index (χ2n) is 5.40. The van der Waals surface area contributed by atoms with E-state index in [0.717, 1.165) is 17.5 Å². The lowest BCUT2D eigenvalue weighted by Crippen LogP contribution is -2.23. The third-order valence-electron chi connectivity index (χ3n) is 3.69. The number of carbonyl (C=O) groups excluding carboxylic acids is 1. The Balaban J connectivity index is 1.53. The van der Waals surface area contributed by atoms with Crippen LogP contribution in [0.4, 0.5) is 0 Å². The van der Waals surface area contributed by atoms with Gasteiger partial charge in [-0.3, -0.25) is 9.78 Å². The smallest absolute Gasteiger partial charge is 0.220 e. The van der Waals surface area contributed by atoms with Crippen LogP contribution in [0.15, 0.2) is 46.7 Å². The van der Waals surface area contributed by atoms with Crippen molar-refractivity contribution in [3.63, 3.8) is 0 Å². The maximum absolute atomic E-state index is 12.0. The van der Waals surface area contributed by atoms with Gasteiger partial charge in [-0.15, -0.1) is 11.3 Å². The van der Waals surface area contributed by atoms with E-state index in [1.54, 1.807) is 28.9 Å². The number of hydrogen-bond acceptors (Lipinski definition) is 4. The summed E-state index contributed by atoms with van der Waals surface area (Å²) in [6, 6.07) is 6.26. The highest BCUT2D eigenvalue weighted by Crippen LogP contribution is 2.22. The highest BCUT2D eigenvalue weighted by Gasteiger charge is 2.06. The van der Waals surface area contributed by atoms with Crippen molar-refractivity contribution in [3.8, 4) is 11.1 Å². The summed E-state index contributed by atoms with van der Waals surface area (Å²) in [5, 5.41) is 9.21.